The van der Waals surface area contributed by atoms with Gasteiger partial charge in [0.1, 0.15) is 11.6 Å². The number of phenolic OH excluding ortho intramolecular Hbond substituents is 1. The van der Waals surface area contributed by atoms with Gasteiger partial charge in [0.05, 0.1) is 6.42 Å². The summed E-state index contributed by atoms with van der Waals surface area (Å²) in [5.41, 5.74) is 5.28. The molecule has 0 unspecified atom stereocenters. The summed E-state index contributed by atoms with van der Waals surface area (Å²) in [6, 6.07) is 19.7. The molecule has 31 heavy (non-hydrogen) atoms. The fourth-order valence-corrected chi connectivity index (χ4v) is 4.03. The van der Waals surface area contributed by atoms with E-state index in [9.17, 15) is 14.3 Å². The zero-order chi connectivity index (χ0) is 21.8. The number of phenols is 1. The number of hydrogen-bond acceptors (Lipinski definition) is 3. The SMILES string of the molecule is CSc1ccc(C=C2C=C(CC(=O)NCc3cccc(O)c3)c3cc(F)ccc32)cc1. The van der Waals surface area contributed by atoms with Gasteiger partial charge >= 0.3 is 0 Å². The zero-order valence-electron chi connectivity index (χ0n) is 17.1. The number of fused-ring (bicyclic) bond motifs is 1. The molecule has 0 saturated heterocycles. The first-order chi connectivity index (χ1) is 15.0. The van der Waals surface area contributed by atoms with Crippen LogP contribution in [0.5, 0.6) is 5.75 Å². The van der Waals surface area contributed by atoms with Gasteiger partial charge in [-0.1, -0.05) is 30.3 Å². The fourth-order valence-electron chi connectivity index (χ4n) is 3.63. The standard InChI is InChI=1S/C26H22FNO2S/c1-31-23-8-5-17(6-9-23)11-19-13-20(25-15-21(27)7-10-24(19)25)14-26(30)28-16-18-3-2-4-22(29)12-18/h2-13,15,29H,14,16H2,1H3,(H,28,30). The lowest BCUT2D eigenvalue weighted by molar-refractivity contribution is -0.120. The fraction of sp³-hybridized carbons (Fsp3) is 0.115. The van der Waals surface area contributed by atoms with Crippen molar-refractivity contribution in [1.29, 1.82) is 0 Å². The van der Waals surface area contributed by atoms with E-state index < -0.39 is 0 Å². The molecule has 0 fully saturated rings. The number of amides is 1. The van der Waals surface area contributed by atoms with Crippen molar-refractivity contribution in [3.63, 3.8) is 0 Å². The summed E-state index contributed by atoms with van der Waals surface area (Å²) in [7, 11) is 0. The number of carbonyl (C=O) groups excluding carboxylic acids is 1. The maximum Gasteiger partial charge on any atom is 0.224 e. The van der Waals surface area contributed by atoms with E-state index in [0.29, 0.717) is 6.54 Å². The van der Waals surface area contributed by atoms with Crippen molar-refractivity contribution in [2.24, 2.45) is 0 Å². The molecule has 3 aromatic rings. The largest absolute Gasteiger partial charge is 0.508 e. The van der Waals surface area contributed by atoms with Crippen molar-refractivity contribution in [3.8, 4) is 5.75 Å². The number of carbonyl (C=O) groups is 1. The van der Waals surface area contributed by atoms with Crippen LogP contribution in [0.3, 0.4) is 0 Å². The first-order valence-electron chi connectivity index (χ1n) is 9.93. The van der Waals surface area contributed by atoms with Crippen LogP contribution < -0.4 is 5.32 Å². The van der Waals surface area contributed by atoms with E-state index in [0.717, 1.165) is 33.4 Å². The highest BCUT2D eigenvalue weighted by molar-refractivity contribution is 7.98. The Morgan fingerprint density at radius 3 is 2.61 bits per heavy atom. The van der Waals surface area contributed by atoms with E-state index >= 15 is 0 Å². The van der Waals surface area contributed by atoms with E-state index in [-0.39, 0.29) is 23.9 Å². The van der Waals surface area contributed by atoms with Crippen LogP contribution in [0.15, 0.2) is 77.7 Å². The highest BCUT2D eigenvalue weighted by Crippen LogP contribution is 2.38. The molecule has 0 atom stereocenters. The minimum Gasteiger partial charge on any atom is -0.508 e. The quantitative estimate of drug-likeness (QED) is 0.478. The van der Waals surface area contributed by atoms with Crippen LogP contribution in [0, 0.1) is 5.82 Å². The van der Waals surface area contributed by atoms with Crippen molar-refractivity contribution in [2.75, 3.05) is 6.26 Å². The molecule has 0 aliphatic heterocycles. The molecule has 0 spiro atoms. The number of aromatic hydroxyl groups is 1. The molecule has 1 aliphatic carbocycles. The zero-order valence-corrected chi connectivity index (χ0v) is 17.9. The van der Waals surface area contributed by atoms with Crippen molar-refractivity contribution in [3.05, 3.63) is 101 Å². The Labute approximate surface area is 185 Å². The monoisotopic (exact) mass is 431 g/mol. The predicted molar refractivity (Wildman–Crippen MR) is 125 cm³/mol. The normalized spacial score (nSPS) is 13.7. The highest BCUT2D eigenvalue weighted by Gasteiger charge is 2.21. The second-order valence-electron chi connectivity index (χ2n) is 7.36. The summed E-state index contributed by atoms with van der Waals surface area (Å²) in [5.74, 6) is -0.319. The minimum absolute atomic E-state index is 0.151. The molecule has 1 aliphatic rings. The maximum absolute atomic E-state index is 13.9. The van der Waals surface area contributed by atoms with Gasteiger partial charge in [-0.2, -0.15) is 0 Å². The first-order valence-corrected chi connectivity index (χ1v) is 11.2. The summed E-state index contributed by atoms with van der Waals surface area (Å²) in [6.45, 7) is 0.320. The number of allylic oxidation sites excluding steroid dienone is 2. The summed E-state index contributed by atoms with van der Waals surface area (Å²) in [4.78, 5) is 13.7. The van der Waals surface area contributed by atoms with Crippen LogP contribution in [0.2, 0.25) is 0 Å². The smallest absolute Gasteiger partial charge is 0.224 e. The Balaban J connectivity index is 1.54. The van der Waals surface area contributed by atoms with Gasteiger partial charge in [0.15, 0.2) is 0 Å². The lowest BCUT2D eigenvalue weighted by atomic mass is 10.0. The number of nitrogens with one attached hydrogen (secondary N) is 1. The minimum atomic E-state index is -0.324. The Morgan fingerprint density at radius 2 is 1.87 bits per heavy atom. The third-order valence-corrected chi connectivity index (χ3v) is 5.90. The molecule has 3 aromatic carbocycles. The molecule has 4 rings (SSSR count). The summed E-state index contributed by atoms with van der Waals surface area (Å²) < 4.78 is 13.9. The van der Waals surface area contributed by atoms with Gasteiger partial charge in [-0.3, -0.25) is 4.79 Å². The van der Waals surface area contributed by atoms with Gasteiger partial charge in [-0.05, 0) is 88.2 Å². The maximum atomic E-state index is 13.9. The molecule has 0 heterocycles. The third-order valence-electron chi connectivity index (χ3n) is 5.16. The number of hydrogen-bond donors (Lipinski definition) is 2. The second kappa shape index (κ2) is 9.23. The van der Waals surface area contributed by atoms with Crippen molar-refractivity contribution in [2.45, 2.75) is 17.9 Å². The molecule has 3 nitrogen and oxygen atoms in total. The second-order valence-corrected chi connectivity index (χ2v) is 8.24. The van der Waals surface area contributed by atoms with Crippen LogP contribution >= 0.6 is 11.8 Å². The Kier molecular flexibility index (Phi) is 6.23. The van der Waals surface area contributed by atoms with Crippen LogP contribution in [-0.2, 0) is 11.3 Å². The van der Waals surface area contributed by atoms with E-state index in [1.165, 1.54) is 17.0 Å². The topological polar surface area (TPSA) is 49.3 Å². The van der Waals surface area contributed by atoms with Crippen LogP contribution in [0.4, 0.5) is 4.39 Å². The molecule has 1 amide bonds. The molecule has 5 heteroatoms. The number of thioether (sulfide) groups is 1. The van der Waals surface area contributed by atoms with E-state index in [4.69, 9.17) is 0 Å². The Bertz CT molecular complexity index is 1180. The molecule has 0 radical (unpaired) electrons. The van der Waals surface area contributed by atoms with Gasteiger partial charge < -0.3 is 10.4 Å². The van der Waals surface area contributed by atoms with Crippen molar-refractivity contribution in [1.82, 2.24) is 5.32 Å². The van der Waals surface area contributed by atoms with Crippen LogP contribution in [0.1, 0.15) is 28.7 Å². The number of rotatable bonds is 6. The molecular formula is C26H22FNO2S. The van der Waals surface area contributed by atoms with Crippen LogP contribution in [-0.4, -0.2) is 17.3 Å². The van der Waals surface area contributed by atoms with E-state index in [1.54, 1.807) is 36.0 Å². The molecule has 2 N–H and O–H groups in total. The van der Waals surface area contributed by atoms with E-state index in [2.05, 4.69) is 35.7 Å². The predicted octanol–water partition coefficient (Wildman–Crippen LogP) is 5.90. The van der Waals surface area contributed by atoms with E-state index in [1.807, 2.05) is 18.4 Å². The molecule has 0 saturated carbocycles. The van der Waals surface area contributed by atoms with Gasteiger partial charge in [0.25, 0.3) is 0 Å². The van der Waals surface area contributed by atoms with Crippen molar-refractivity contribution < 1.29 is 14.3 Å². The Morgan fingerprint density at radius 1 is 1.06 bits per heavy atom. The average Bonchev–Trinajstić information content (AvgIpc) is 3.09. The summed E-state index contributed by atoms with van der Waals surface area (Å²) in [5, 5.41) is 12.4. The molecule has 156 valence electrons. The number of halogens is 1. The third kappa shape index (κ3) is 5.06. The first kappa shape index (κ1) is 20.9. The summed E-state index contributed by atoms with van der Waals surface area (Å²) in [6.07, 6.45) is 6.20. The lowest BCUT2D eigenvalue weighted by Crippen LogP contribution is -2.22. The van der Waals surface area contributed by atoms with Gasteiger partial charge in [-0.15, -0.1) is 11.8 Å². The molecule has 0 aromatic heterocycles. The average molecular weight is 432 g/mol. The van der Waals surface area contributed by atoms with Gasteiger partial charge in [0, 0.05) is 11.4 Å². The molecule has 0 bridgehead atoms. The van der Waals surface area contributed by atoms with Crippen molar-refractivity contribution >= 4 is 34.9 Å². The number of benzene rings is 3. The van der Waals surface area contributed by atoms with Gasteiger partial charge in [-0.25, -0.2) is 4.39 Å². The lowest BCUT2D eigenvalue weighted by Gasteiger charge is -2.08. The highest BCUT2D eigenvalue weighted by atomic mass is 32.2. The van der Waals surface area contributed by atoms with Gasteiger partial charge in [0.2, 0.25) is 5.91 Å². The molecular weight excluding hydrogens is 409 g/mol. The van der Waals surface area contributed by atoms with Crippen LogP contribution in [0.25, 0.3) is 17.2 Å². The summed E-state index contributed by atoms with van der Waals surface area (Å²) >= 11 is 1.69. The Hall–Kier alpha value is -3.31.